The fourth-order valence-corrected chi connectivity index (χ4v) is 3.62. The molecular formula is C18H26N2O. The van der Waals surface area contributed by atoms with Crippen molar-refractivity contribution in [1.29, 1.82) is 0 Å². The SMILES string of the molecule is COc1ccccc1/C=C/CN1C[C@@H]2CCCN2C[C@H]1C. The molecule has 3 heteroatoms. The van der Waals surface area contributed by atoms with Crippen molar-refractivity contribution in [2.45, 2.75) is 31.8 Å². The van der Waals surface area contributed by atoms with Gasteiger partial charge in [0.15, 0.2) is 0 Å². The normalized spacial score (nSPS) is 27.1. The number of benzene rings is 1. The number of para-hydroxylation sites is 1. The smallest absolute Gasteiger partial charge is 0.126 e. The Kier molecular flexibility index (Phi) is 4.61. The van der Waals surface area contributed by atoms with Crippen LogP contribution in [0.5, 0.6) is 5.75 Å². The van der Waals surface area contributed by atoms with Crippen LogP contribution in [0.25, 0.3) is 6.08 Å². The third-order valence-corrected chi connectivity index (χ3v) is 4.84. The Morgan fingerprint density at radius 1 is 1.29 bits per heavy atom. The first kappa shape index (κ1) is 14.6. The van der Waals surface area contributed by atoms with Crippen LogP contribution in [0.2, 0.25) is 0 Å². The van der Waals surface area contributed by atoms with Gasteiger partial charge in [-0.3, -0.25) is 9.80 Å². The van der Waals surface area contributed by atoms with Crippen molar-refractivity contribution in [2.24, 2.45) is 0 Å². The molecule has 2 aliphatic heterocycles. The van der Waals surface area contributed by atoms with E-state index in [0.29, 0.717) is 6.04 Å². The molecule has 0 aromatic heterocycles. The summed E-state index contributed by atoms with van der Waals surface area (Å²) in [5, 5.41) is 0. The summed E-state index contributed by atoms with van der Waals surface area (Å²) >= 11 is 0. The summed E-state index contributed by atoms with van der Waals surface area (Å²) in [5.74, 6) is 0.947. The number of ether oxygens (including phenoxy) is 1. The van der Waals surface area contributed by atoms with Crippen LogP contribution in [0.1, 0.15) is 25.3 Å². The molecule has 3 nitrogen and oxygen atoms in total. The summed E-state index contributed by atoms with van der Waals surface area (Å²) in [6.45, 7) is 7.14. The molecule has 0 saturated carbocycles. The van der Waals surface area contributed by atoms with Crippen molar-refractivity contribution in [1.82, 2.24) is 9.80 Å². The van der Waals surface area contributed by atoms with Gasteiger partial charge >= 0.3 is 0 Å². The third kappa shape index (κ3) is 3.30. The van der Waals surface area contributed by atoms with E-state index in [2.05, 4.69) is 41.0 Å². The summed E-state index contributed by atoms with van der Waals surface area (Å²) in [6, 6.07) is 9.63. The Morgan fingerprint density at radius 2 is 2.14 bits per heavy atom. The van der Waals surface area contributed by atoms with E-state index in [1.807, 2.05) is 12.1 Å². The third-order valence-electron chi connectivity index (χ3n) is 4.84. The molecule has 2 aliphatic rings. The van der Waals surface area contributed by atoms with Crippen LogP contribution in [0, 0.1) is 0 Å². The Bertz CT molecular complexity index is 500. The molecule has 1 aromatic carbocycles. The van der Waals surface area contributed by atoms with E-state index in [4.69, 9.17) is 4.74 Å². The van der Waals surface area contributed by atoms with E-state index >= 15 is 0 Å². The molecule has 0 unspecified atom stereocenters. The molecule has 2 saturated heterocycles. The zero-order chi connectivity index (χ0) is 14.7. The summed E-state index contributed by atoms with van der Waals surface area (Å²) in [7, 11) is 1.73. The zero-order valence-corrected chi connectivity index (χ0v) is 13.2. The first-order valence-corrected chi connectivity index (χ1v) is 8.05. The molecule has 0 aliphatic carbocycles. The summed E-state index contributed by atoms with van der Waals surface area (Å²) in [5.41, 5.74) is 1.16. The number of hydrogen-bond donors (Lipinski definition) is 0. The first-order valence-electron chi connectivity index (χ1n) is 8.05. The van der Waals surface area contributed by atoms with E-state index in [1.165, 1.54) is 32.5 Å². The number of fused-ring (bicyclic) bond motifs is 1. The van der Waals surface area contributed by atoms with Gasteiger partial charge in [0, 0.05) is 37.3 Å². The predicted octanol–water partition coefficient (Wildman–Crippen LogP) is 2.88. The van der Waals surface area contributed by atoms with E-state index in [9.17, 15) is 0 Å². The maximum atomic E-state index is 5.39. The minimum absolute atomic E-state index is 0.654. The molecule has 0 bridgehead atoms. The number of nitrogens with zero attached hydrogens (tertiary/aromatic N) is 2. The maximum Gasteiger partial charge on any atom is 0.126 e. The quantitative estimate of drug-likeness (QED) is 0.846. The van der Waals surface area contributed by atoms with Gasteiger partial charge in [-0.05, 0) is 32.4 Å². The van der Waals surface area contributed by atoms with Gasteiger partial charge in [-0.15, -0.1) is 0 Å². The Hall–Kier alpha value is -1.32. The van der Waals surface area contributed by atoms with Gasteiger partial charge in [-0.25, -0.2) is 0 Å². The molecule has 21 heavy (non-hydrogen) atoms. The highest BCUT2D eigenvalue weighted by Crippen LogP contribution is 2.24. The Morgan fingerprint density at radius 3 is 3.00 bits per heavy atom. The van der Waals surface area contributed by atoms with Crippen LogP contribution in [-0.4, -0.2) is 55.2 Å². The van der Waals surface area contributed by atoms with Crippen molar-refractivity contribution < 1.29 is 4.74 Å². The fraction of sp³-hybridized carbons (Fsp3) is 0.556. The highest BCUT2D eigenvalue weighted by atomic mass is 16.5. The second-order valence-corrected chi connectivity index (χ2v) is 6.24. The topological polar surface area (TPSA) is 15.7 Å². The van der Waals surface area contributed by atoms with Gasteiger partial charge in [-0.2, -0.15) is 0 Å². The lowest BCUT2D eigenvalue weighted by atomic mass is 10.1. The lowest BCUT2D eigenvalue weighted by molar-refractivity contribution is 0.0686. The fourth-order valence-electron chi connectivity index (χ4n) is 3.62. The molecule has 0 spiro atoms. The average molecular weight is 286 g/mol. The van der Waals surface area contributed by atoms with E-state index in [1.54, 1.807) is 7.11 Å². The molecule has 0 N–H and O–H groups in total. The van der Waals surface area contributed by atoms with Gasteiger partial charge in [0.2, 0.25) is 0 Å². The predicted molar refractivity (Wildman–Crippen MR) is 87.7 cm³/mol. The van der Waals surface area contributed by atoms with Crippen LogP contribution >= 0.6 is 0 Å². The second kappa shape index (κ2) is 6.63. The van der Waals surface area contributed by atoms with Crippen molar-refractivity contribution in [3.63, 3.8) is 0 Å². The van der Waals surface area contributed by atoms with E-state index in [0.717, 1.165) is 23.9 Å². The maximum absolute atomic E-state index is 5.39. The van der Waals surface area contributed by atoms with Gasteiger partial charge in [-0.1, -0.05) is 30.4 Å². The van der Waals surface area contributed by atoms with E-state index in [-0.39, 0.29) is 0 Å². The van der Waals surface area contributed by atoms with Crippen molar-refractivity contribution in [2.75, 3.05) is 33.3 Å². The molecular weight excluding hydrogens is 260 g/mol. The summed E-state index contributed by atoms with van der Waals surface area (Å²) in [6.07, 6.45) is 7.22. The van der Waals surface area contributed by atoms with Crippen LogP contribution in [0.15, 0.2) is 30.3 Å². The summed E-state index contributed by atoms with van der Waals surface area (Å²) < 4.78 is 5.39. The standard InChI is InChI=1S/C18H26N2O/c1-15-13-20-12-6-9-17(20)14-19(15)11-5-8-16-7-3-4-10-18(16)21-2/h3-5,7-8,10,15,17H,6,9,11-14H2,1-2H3/b8-5+/t15-,17+/m1/s1. The highest BCUT2D eigenvalue weighted by Gasteiger charge is 2.33. The van der Waals surface area contributed by atoms with Gasteiger partial charge < -0.3 is 4.74 Å². The average Bonchev–Trinajstić information content (AvgIpc) is 2.95. The van der Waals surface area contributed by atoms with Crippen LogP contribution in [0.3, 0.4) is 0 Å². The monoisotopic (exact) mass is 286 g/mol. The molecule has 2 fully saturated rings. The molecule has 2 atom stereocenters. The Labute approximate surface area is 128 Å². The highest BCUT2D eigenvalue weighted by molar-refractivity contribution is 5.57. The lowest BCUT2D eigenvalue weighted by Crippen LogP contribution is -2.54. The minimum atomic E-state index is 0.654. The number of hydrogen-bond acceptors (Lipinski definition) is 3. The molecule has 114 valence electrons. The largest absolute Gasteiger partial charge is 0.496 e. The molecule has 1 aromatic rings. The van der Waals surface area contributed by atoms with Crippen LogP contribution in [0.4, 0.5) is 0 Å². The minimum Gasteiger partial charge on any atom is -0.496 e. The number of piperazine rings is 1. The molecule has 2 heterocycles. The summed E-state index contributed by atoms with van der Waals surface area (Å²) in [4.78, 5) is 5.28. The molecule has 0 amide bonds. The van der Waals surface area contributed by atoms with Crippen molar-refractivity contribution in [3.8, 4) is 5.75 Å². The zero-order valence-electron chi connectivity index (χ0n) is 13.2. The van der Waals surface area contributed by atoms with Gasteiger partial charge in [0.25, 0.3) is 0 Å². The molecule has 0 radical (unpaired) electrons. The van der Waals surface area contributed by atoms with Crippen molar-refractivity contribution >= 4 is 6.08 Å². The van der Waals surface area contributed by atoms with Crippen LogP contribution in [-0.2, 0) is 0 Å². The number of methoxy groups -OCH3 is 1. The second-order valence-electron chi connectivity index (χ2n) is 6.24. The number of rotatable bonds is 4. The van der Waals surface area contributed by atoms with Gasteiger partial charge in [0.1, 0.15) is 5.75 Å². The van der Waals surface area contributed by atoms with Crippen molar-refractivity contribution in [3.05, 3.63) is 35.9 Å². The molecule has 3 rings (SSSR count). The van der Waals surface area contributed by atoms with Gasteiger partial charge in [0.05, 0.1) is 7.11 Å². The Balaban J connectivity index is 1.60. The van der Waals surface area contributed by atoms with E-state index < -0.39 is 0 Å². The lowest BCUT2D eigenvalue weighted by Gasteiger charge is -2.41. The van der Waals surface area contributed by atoms with Crippen LogP contribution < -0.4 is 4.74 Å². The first-order chi connectivity index (χ1) is 10.3.